The lowest BCUT2D eigenvalue weighted by molar-refractivity contribution is -0.135. The highest BCUT2D eigenvalue weighted by molar-refractivity contribution is 7.10. The highest BCUT2D eigenvalue weighted by Crippen LogP contribution is 2.35. The molecule has 0 aliphatic carbocycles. The fourth-order valence-corrected chi connectivity index (χ4v) is 2.36. The lowest BCUT2D eigenvalue weighted by Gasteiger charge is -2.28. The van der Waals surface area contributed by atoms with Gasteiger partial charge in [0.05, 0.1) is 15.9 Å². The molecule has 2 atom stereocenters. The largest absolute Gasteiger partial charge is 0.451 e. The molecule has 0 spiro atoms. The van der Waals surface area contributed by atoms with Crippen molar-refractivity contribution in [1.82, 2.24) is 0 Å². The van der Waals surface area contributed by atoms with Crippen LogP contribution >= 0.6 is 9.47 Å². The summed E-state index contributed by atoms with van der Waals surface area (Å²) in [6, 6.07) is 0. The Bertz CT molecular complexity index is 206. The molecule has 0 saturated carbocycles. The molecule has 0 aliphatic heterocycles. The van der Waals surface area contributed by atoms with Crippen LogP contribution in [0.3, 0.4) is 0 Å². The van der Waals surface area contributed by atoms with Crippen LogP contribution in [0, 0.1) is 5.41 Å². The zero-order chi connectivity index (χ0) is 13.1. The van der Waals surface area contributed by atoms with E-state index in [1.165, 1.54) is 38.5 Å². The minimum Gasteiger partial charge on any atom is -0.451 e. The van der Waals surface area contributed by atoms with E-state index < -0.39 is 0 Å². The van der Waals surface area contributed by atoms with Crippen LogP contribution in [0.15, 0.2) is 0 Å². The molecule has 0 aromatic carbocycles. The Morgan fingerprint density at radius 1 is 1.06 bits per heavy atom. The molecule has 0 saturated heterocycles. The van der Waals surface area contributed by atoms with E-state index in [1.807, 2.05) is 0 Å². The molecule has 0 fully saturated rings. The summed E-state index contributed by atoms with van der Waals surface area (Å²) in [5.74, 6) is -0.0934. The van der Waals surface area contributed by atoms with Crippen LogP contribution in [0.2, 0.25) is 0 Å². The highest BCUT2D eigenvalue weighted by atomic mass is 31.0. The van der Waals surface area contributed by atoms with Gasteiger partial charge >= 0.3 is 5.97 Å². The minimum atomic E-state index is -0.0934. The average molecular weight is 260 g/mol. The first kappa shape index (κ1) is 16.9. The van der Waals surface area contributed by atoms with Gasteiger partial charge < -0.3 is 4.52 Å². The molecule has 17 heavy (non-hydrogen) atoms. The smallest absolute Gasteiger partial charge is 0.308 e. The highest BCUT2D eigenvalue weighted by Gasteiger charge is 2.26. The molecule has 0 N–H and O–H groups in total. The van der Waals surface area contributed by atoms with Crippen molar-refractivity contribution in [3.63, 3.8) is 0 Å². The van der Waals surface area contributed by atoms with Crippen molar-refractivity contribution >= 4 is 15.4 Å². The van der Waals surface area contributed by atoms with Gasteiger partial charge in [-0.2, -0.15) is 0 Å². The Morgan fingerprint density at radius 2 is 1.65 bits per heavy atom. The van der Waals surface area contributed by atoms with E-state index in [-0.39, 0.29) is 11.4 Å². The predicted octanol–water partition coefficient (Wildman–Crippen LogP) is 4.88. The summed E-state index contributed by atoms with van der Waals surface area (Å²) in [5.41, 5.74) is 0.136. The third-order valence-electron chi connectivity index (χ3n) is 3.47. The normalized spacial score (nSPS) is 14.4. The van der Waals surface area contributed by atoms with Crippen LogP contribution in [-0.2, 0) is 9.32 Å². The molecular weight excluding hydrogens is 231 g/mol. The van der Waals surface area contributed by atoms with E-state index in [2.05, 4.69) is 30.2 Å². The number of carbonyl (C=O) groups excluding carboxylic acids is 1. The Kier molecular flexibility index (Phi) is 9.82. The van der Waals surface area contributed by atoms with E-state index in [9.17, 15) is 4.79 Å². The molecule has 2 nitrogen and oxygen atoms in total. The summed E-state index contributed by atoms with van der Waals surface area (Å²) >= 11 is 0. The summed E-state index contributed by atoms with van der Waals surface area (Å²) in [6.45, 7) is 6.66. The van der Waals surface area contributed by atoms with E-state index in [0.29, 0.717) is 6.42 Å². The van der Waals surface area contributed by atoms with Crippen molar-refractivity contribution in [2.45, 2.75) is 78.6 Å². The first-order valence-electron chi connectivity index (χ1n) is 6.97. The van der Waals surface area contributed by atoms with Crippen LogP contribution in [0.4, 0.5) is 0 Å². The average Bonchev–Trinajstić information content (AvgIpc) is 2.32. The SMILES string of the molecule is CCCCCCC(C)(CCCC)CC(=O)OP. The molecule has 3 heteroatoms. The van der Waals surface area contributed by atoms with Gasteiger partial charge in [0.15, 0.2) is 0 Å². The quantitative estimate of drug-likeness (QED) is 0.413. The van der Waals surface area contributed by atoms with E-state index in [4.69, 9.17) is 4.52 Å². The first-order valence-corrected chi connectivity index (χ1v) is 7.44. The predicted molar refractivity (Wildman–Crippen MR) is 76.8 cm³/mol. The zero-order valence-electron chi connectivity index (χ0n) is 11.8. The number of hydrogen-bond acceptors (Lipinski definition) is 2. The zero-order valence-corrected chi connectivity index (χ0v) is 12.9. The van der Waals surface area contributed by atoms with Crippen molar-refractivity contribution in [3.05, 3.63) is 0 Å². The second kappa shape index (κ2) is 9.88. The molecule has 0 radical (unpaired) electrons. The van der Waals surface area contributed by atoms with Crippen molar-refractivity contribution < 1.29 is 9.32 Å². The van der Waals surface area contributed by atoms with Gasteiger partial charge in [-0.05, 0) is 18.3 Å². The summed E-state index contributed by atoms with van der Waals surface area (Å²) in [5, 5.41) is 0. The van der Waals surface area contributed by atoms with E-state index in [1.54, 1.807) is 0 Å². The molecule has 0 heterocycles. The van der Waals surface area contributed by atoms with Crippen molar-refractivity contribution in [2.24, 2.45) is 5.41 Å². The fourth-order valence-electron chi connectivity index (χ4n) is 2.27. The summed E-state index contributed by atoms with van der Waals surface area (Å²) < 4.78 is 4.73. The summed E-state index contributed by atoms with van der Waals surface area (Å²) in [4.78, 5) is 11.4. The molecule has 0 amide bonds. The molecular formula is C14H29O2P. The van der Waals surface area contributed by atoms with E-state index >= 15 is 0 Å². The summed E-state index contributed by atoms with van der Waals surface area (Å²) in [6.07, 6.45) is 10.3. The Morgan fingerprint density at radius 3 is 2.18 bits per heavy atom. The lowest BCUT2D eigenvalue weighted by Crippen LogP contribution is -2.21. The van der Waals surface area contributed by atoms with Crippen LogP contribution < -0.4 is 0 Å². The van der Waals surface area contributed by atoms with E-state index in [0.717, 1.165) is 12.8 Å². The van der Waals surface area contributed by atoms with Crippen molar-refractivity contribution in [2.75, 3.05) is 0 Å². The molecule has 0 bridgehead atoms. The Balaban J connectivity index is 4.13. The summed E-state index contributed by atoms with van der Waals surface area (Å²) in [7, 11) is 2.06. The van der Waals surface area contributed by atoms with Crippen molar-refractivity contribution in [3.8, 4) is 0 Å². The molecule has 2 unspecified atom stereocenters. The molecule has 0 aromatic heterocycles. The van der Waals surface area contributed by atoms with Gasteiger partial charge in [-0.3, -0.25) is 4.79 Å². The Labute approximate surface area is 109 Å². The monoisotopic (exact) mass is 260 g/mol. The first-order chi connectivity index (χ1) is 8.08. The third kappa shape index (κ3) is 8.60. The topological polar surface area (TPSA) is 26.3 Å². The maximum atomic E-state index is 11.4. The third-order valence-corrected chi connectivity index (χ3v) is 3.73. The number of rotatable bonds is 10. The maximum Gasteiger partial charge on any atom is 0.308 e. The van der Waals surface area contributed by atoms with Crippen LogP contribution in [0.25, 0.3) is 0 Å². The van der Waals surface area contributed by atoms with Gasteiger partial charge in [-0.15, -0.1) is 0 Å². The lowest BCUT2D eigenvalue weighted by atomic mass is 9.77. The van der Waals surface area contributed by atoms with Gasteiger partial charge in [-0.1, -0.05) is 59.3 Å². The maximum absolute atomic E-state index is 11.4. The van der Waals surface area contributed by atoms with Gasteiger partial charge in [0.2, 0.25) is 0 Å². The van der Waals surface area contributed by atoms with Gasteiger partial charge in [-0.25, -0.2) is 0 Å². The minimum absolute atomic E-state index is 0.0934. The van der Waals surface area contributed by atoms with Gasteiger partial charge in [0, 0.05) is 0 Å². The molecule has 0 aliphatic rings. The van der Waals surface area contributed by atoms with Crippen molar-refractivity contribution in [1.29, 1.82) is 0 Å². The second-order valence-electron chi connectivity index (χ2n) is 5.39. The van der Waals surface area contributed by atoms with Crippen LogP contribution in [-0.4, -0.2) is 5.97 Å². The molecule has 102 valence electrons. The molecule has 0 rings (SSSR count). The number of unbranched alkanes of at least 4 members (excludes halogenated alkanes) is 4. The Hall–Kier alpha value is -0.100. The number of carbonyl (C=O) groups is 1. The standard InChI is InChI=1S/C14H29O2P/c1-4-6-8-9-11-14(3,10-7-5-2)12-13(15)16-17/h4-12,17H2,1-3H3. The molecule has 0 aromatic rings. The number of hydrogen-bond donors (Lipinski definition) is 0. The van der Waals surface area contributed by atoms with Crippen LogP contribution in [0.1, 0.15) is 78.6 Å². The van der Waals surface area contributed by atoms with Crippen LogP contribution in [0.5, 0.6) is 0 Å². The van der Waals surface area contributed by atoms with Gasteiger partial charge in [0.1, 0.15) is 0 Å². The van der Waals surface area contributed by atoms with Gasteiger partial charge in [0.25, 0.3) is 0 Å². The fraction of sp³-hybridized carbons (Fsp3) is 0.929. The second-order valence-corrected chi connectivity index (χ2v) is 5.63.